The highest BCUT2D eigenvalue weighted by Crippen LogP contribution is 2.19. The molecule has 0 aliphatic heterocycles. The molecular weight excluding hydrogens is 252 g/mol. The van der Waals surface area contributed by atoms with E-state index in [-0.39, 0.29) is 12.1 Å². The Morgan fingerprint density at radius 3 is 2.45 bits per heavy atom. The molecule has 0 saturated heterocycles. The van der Waals surface area contributed by atoms with Crippen molar-refractivity contribution in [1.29, 1.82) is 0 Å². The molecule has 1 amide bonds. The Bertz CT molecular complexity index is 399. The van der Waals surface area contributed by atoms with Crippen molar-refractivity contribution in [3.05, 3.63) is 35.9 Å². The summed E-state index contributed by atoms with van der Waals surface area (Å²) in [6, 6.07) is 9.98. The van der Waals surface area contributed by atoms with E-state index in [1.165, 1.54) is 0 Å². The van der Waals surface area contributed by atoms with Crippen molar-refractivity contribution in [2.24, 2.45) is 0 Å². The standard InChI is InChI=1S/C16H26N2O2/c1-16(2,3)20-15(19)18-14(11-8-12-17-4)13-9-6-5-7-10-13/h5-7,9-10,14,17H,8,11-12H2,1-4H3,(H,18,19)/t14-/m1/s1. The summed E-state index contributed by atoms with van der Waals surface area (Å²) in [5, 5.41) is 6.08. The lowest BCUT2D eigenvalue weighted by Crippen LogP contribution is -2.35. The minimum Gasteiger partial charge on any atom is -0.444 e. The summed E-state index contributed by atoms with van der Waals surface area (Å²) >= 11 is 0. The number of hydrogen-bond acceptors (Lipinski definition) is 3. The molecule has 20 heavy (non-hydrogen) atoms. The molecule has 0 aromatic heterocycles. The maximum absolute atomic E-state index is 11.9. The molecule has 0 bridgehead atoms. The monoisotopic (exact) mass is 278 g/mol. The molecule has 4 nitrogen and oxygen atoms in total. The van der Waals surface area contributed by atoms with Gasteiger partial charge >= 0.3 is 6.09 Å². The van der Waals surface area contributed by atoms with Crippen molar-refractivity contribution in [3.63, 3.8) is 0 Å². The Labute approximate surface area is 121 Å². The van der Waals surface area contributed by atoms with Crippen LogP contribution < -0.4 is 10.6 Å². The van der Waals surface area contributed by atoms with Crippen LogP contribution in [0.4, 0.5) is 4.79 Å². The summed E-state index contributed by atoms with van der Waals surface area (Å²) in [7, 11) is 1.93. The van der Waals surface area contributed by atoms with Crippen LogP contribution in [-0.2, 0) is 4.74 Å². The Hall–Kier alpha value is -1.55. The van der Waals surface area contributed by atoms with Crippen molar-refractivity contribution < 1.29 is 9.53 Å². The Kier molecular flexibility index (Phi) is 6.52. The van der Waals surface area contributed by atoms with Gasteiger partial charge in [-0.1, -0.05) is 30.3 Å². The Balaban J connectivity index is 2.65. The van der Waals surface area contributed by atoms with Crippen molar-refractivity contribution >= 4 is 6.09 Å². The molecule has 0 aliphatic carbocycles. The van der Waals surface area contributed by atoms with Gasteiger partial charge in [-0.05, 0) is 52.8 Å². The highest BCUT2D eigenvalue weighted by atomic mass is 16.6. The lowest BCUT2D eigenvalue weighted by atomic mass is 10.0. The minimum atomic E-state index is -0.476. The van der Waals surface area contributed by atoms with Crippen LogP contribution in [0.25, 0.3) is 0 Å². The van der Waals surface area contributed by atoms with Gasteiger partial charge in [0.15, 0.2) is 0 Å². The molecule has 0 heterocycles. The summed E-state index contributed by atoms with van der Waals surface area (Å²) in [5.74, 6) is 0. The van der Waals surface area contributed by atoms with Crippen molar-refractivity contribution in [3.8, 4) is 0 Å². The van der Waals surface area contributed by atoms with E-state index in [1.807, 2.05) is 58.2 Å². The quantitative estimate of drug-likeness (QED) is 0.785. The van der Waals surface area contributed by atoms with Crippen LogP contribution in [0.2, 0.25) is 0 Å². The third kappa shape index (κ3) is 6.57. The normalized spacial score (nSPS) is 12.8. The van der Waals surface area contributed by atoms with Gasteiger partial charge in [0.1, 0.15) is 5.60 Å². The number of carbonyl (C=O) groups excluding carboxylic acids is 1. The van der Waals surface area contributed by atoms with E-state index < -0.39 is 5.60 Å². The molecule has 1 atom stereocenters. The lowest BCUT2D eigenvalue weighted by Gasteiger charge is -2.24. The number of benzene rings is 1. The van der Waals surface area contributed by atoms with Gasteiger partial charge in [-0.2, -0.15) is 0 Å². The number of nitrogens with one attached hydrogen (secondary N) is 2. The number of rotatable bonds is 6. The summed E-state index contributed by atoms with van der Waals surface area (Å²) < 4.78 is 5.33. The number of alkyl carbamates (subject to hydrolysis) is 1. The van der Waals surface area contributed by atoms with Gasteiger partial charge in [-0.25, -0.2) is 4.79 Å². The van der Waals surface area contributed by atoms with Gasteiger partial charge in [0.25, 0.3) is 0 Å². The molecule has 0 radical (unpaired) electrons. The second-order valence-corrected chi connectivity index (χ2v) is 5.86. The molecule has 0 unspecified atom stereocenters. The van der Waals surface area contributed by atoms with E-state index in [0.29, 0.717) is 0 Å². The first kappa shape index (κ1) is 16.5. The molecule has 0 spiro atoms. The van der Waals surface area contributed by atoms with Gasteiger partial charge < -0.3 is 15.4 Å². The van der Waals surface area contributed by atoms with E-state index >= 15 is 0 Å². The van der Waals surface area contributed by atoms with Gasteiger partial charge in [-0.3, -0.25) is 0 Å². The molecule has 0 saturated carbocycles. The van der Waals surface area contributed by atoms with E-state index in [0.717, 1.165) is 24.9 Å². The maximum atomic E-state index is 11.9. The third-order valence-corrected chi connectivity index (χ3v) is 2.81. The average molecular weight is 278 g/mol. The molecule has 0 aliphatic rings. The van der Waals surface area contributed by atoms with Gasteiger partial charge in [0.05, 0.1) is 6.04 Å². The smallest absolute Gasteiger partial charge is 0.408 e. The fourth-order valence-corrected chi connectivity index (χ4v) is 1.94. The van der Waals surface area contributed by atoms with Crippen molar-refractivity contribution in [1.82, 2.24) is 10.6 Å². The Morgan fingerprint density at radius 1 is 1.25 bits per heavy atom. The summed E-state index contributed by atoms with van der Waals surface area (Å²) in [5.41, 5.74) is 0.630. The molecule has 4 heteroatoms. The number of carbonyl (C=O) groups is 1. The predicted octanol–water partition coefficient (Wildman–Crippen LogP) is 3.25. The zero-order valence-electron chi connectivity index (χ0n) is 12.9. The number of ether oxygens (including phenoxy) is 1. The van der Waals surface area contributed by atoms with Gasteiger partial charge in [-0.15, -0.1) is 0 Å². The molecule has 1 aromatic carbocycles. The van der Waals surface area contributed by atoms with Crippen LogP contribution in [0.5, 0.6) is 0 Å². The molecule has 1 aromatic rings. The van der Waals surface area contributed by atoms with Crippen LogP contribution in [0, 0.1) is 0 Å². The zero-order chi connectivity index (χ0) is 15.0. The maximum Gasteiger partial charge on any atom is 0.408 e. The minimum absolute atomic E-state index is 0.0144. The fraction of sp³-hybridized carbons (Fsp3) is 0.562. The van der Waals surface area contributed by atoms with Crippen LogP contribution >= 0.6 is 0 Å². The van der Waals surface area contributed by atoms with Gasteiger partial charge in [0.2, 0.25) is 0 Å². The molecule has 2 N–H and O–H groups in total. The van der Waals surface area contributed by atoms with Crippen molar-refractivity contribution in [2.75, 3.05) is 13.6 Å². The molecule has 1 rings (SSSR count). The topological polar surface area (TPSA) is 50.4 Å². The van der Waals surface area contributed by atoms with Crippen molar-refractivity contribution in [2.45, 2.75) is 45.3 Å². The SMILES string of the molecule is CNCCC[C@@H](NC(=O)OC(C)(C)C)c1ccccc1. The second kappa shape index (κ2) is 7.90. The third-order valence-electron chi connectivity index (χ3n) is 2.81. The molecule has 112 valence electrons. The Morgan fingerprint density at radius 2 is 1.90 bits per heavy atom. The largest absolute Gasteiger partial charge is 0.444 e. The van der Waals surface area contributed by atoms with Crippen LogP contribution in [-0.4, -0.2) is 25.3 Å². The number of amides is 1. The molecular formula is C16H26N2O2. The summed E-state index contributed by atoms with van der Waals surface area (Å²) in [6.45, 7) is 6.53. The lowest BCUT2D eigenvalue weighted by molar-refractivity contribution is 0.0500. The first-order valence-electron chi connectivity index (χ1n) is 7.11. The highest BCUT2D eigenvalue weighted by Gasteiger charge is 2.20. The first-order chi connectivity index (χ1) is 9.42. The predicted molar refractivity (Wildman–Crippen MR) is 81.7 cm³/mol. The average Bonchev–Trinajstić information content (AvgIpc) is 2.37. The number of hydrogen-bond donors (Lipinski definition) is 2. The summed E-state index contributed by atoms with van der Waals surface area (Å²) in [6.07, 6.45) is 1.51. The second-order valence-electron chi connectivity index (χ2n) is 5.86. The highest BCUT2D eigenvalue weighted by molar-refractivity contribution is 5.68. The zero-order valence-corrected chi connectivity index (χ0v) is 12.9. The van der Waals surface area contributed by atoms with E-state index in [4.69, 9.17) is 4.74 Å². The first-order valence-corrected chi connectivity index (χ1v) is 7.11. The fourth-order valence-electron chi connectivity index (χ4n) is 1.94. The van der Waals surface area contributed by atoms with E-state index in [2.05, 4.69) is 10.6 Å². The molecule has 0 fully saturated rings. The van der Waals surface area contributed by atoms with Gasteiger partial charge in [0, 0.05) is 0 Å². The van der Waals surface area contributed by atoms with Crippen LogP contribution in [0.3, 0.4) is 0 Å². The van der Waals surface area contributed by atoms with E-state index in [1.54, 1.807) is 0 Å². The van der Waals surface area contributed by atoms with Crippen LogP contribution in [0.1, 0.15) is 45.2 Å². The summed E-state index contributed by atoms with van der Waals surface area (Å²) in [4.78, 5) is 11.9. The van der Waals surface area contributed by atoms with Crippen LogP contribution in [0.15, 0.2) is 30.3 Å². The van der Waals surface area contributed by atoms with E-state index in [9.17, 15) is 4.79 Å².